The molecule has 1 heterocycles. The number of carbonyl (C=O) groups excluding carboxylic acids is 1. The monoisotopic (exact) mass is 321 g/mol. The van der Waals surface area contributed by atoms with Gasteiger partial charge in [-0.3, -0.25) is 4.79 Å². The van der Waals surface area contributed by atoms with E-state index in [1.54, 1.807) is 30.2 Å². The molecule has 1 unspecified atom stereocenters. The highest BCUT2D eigenvalue weighted by Crippen LogP contribution is 2.22. The van der Waals surface area contributed by atoms with E-state index >= 15 is 0 Å². The van der Waals surface area contributed by atoms with Crippen molar-refractivity contribution in [1.29, 1.82) is 0 Å². The second-order valence-corrected chi connectivity index (χ2v) is 6.41. The van der Waals surface area contributed by atoms with Gasteiger partial charge in [0.15, 0.2) is 0 Å². The van der Waals surface area contributed by atoms with Gasteiger partial charge in [-0.2, -0.15) is 0 Å². The molecule has 0 radical (unpaired) electrons. The molecule has 1 aromatic carbocycles. The number of nitrogens with zero attached hydrogens (tertiary/aromatic N) is 1. The molecule has 6 heteroatoms. The summed E-state index contributed by atoms with van der Waals surface area (Å²) in [5.74, 6) is -1.03. The van der Waals surface area contributed by atoms with Crippen LogP contribution in [-0.4, -0.2) is 60.4 Å². The summed E-state index contributed by atoms with van der Waals surface area (Å²) in [6.45, 7) is 5.31. The first-order valence-corrected chi connectivity index (χ1v) is 7.57. The molecule has 1 N–H and O–H groups in total. The third-order valence-electron chi connectivity index (χ3n) is 3.72. The van der Waals surface area contributed by atoms with Gasteiger partial charge in [-0.1, -0.05) is 12.1 Å². The minimum atomic E-state index is -0.994. The van der Waals surface area contributed by atoms with Gasteiger partial charge in [0.2, 0.25) is 5.91 Å². The van der Waals surface area contributed by atoms with Crippen LogP contribution in [0.3, 0.4) is 0 Å². The Hall–Kier alpha value is -1.92. The molecule has 23 heavy (non-hydrogen) atoms. The maximum Gasteiger partial charge on any atom is 0.335 e. The number of amides is 1. The number of carboxylic acids is 1. The van der Waals surface area contributed by atoms with Crippen molar-refractivity contribution in [2.24, 2.45) is 0 Å². The van der Waals surface area contributed by atoms with Crippen LogP contribution in [0.5, 0.6) is 0 Å². The fourth-order valence-electron chi connectivity index (χ4n) is 2.86. The second kappa shape index (κ2) is 7.10. The van der Waals surface area contributed by atoms with Gasteiger partial charge in [-0.25, -0.2) is 4.79 Å². The number of benzene rings is 1. The molecule has 0 saturated carbocycles. The fraction of sp³-hybridized carbons (Fsp3) is 0.529. The Kier molecular flexibility index (Phi) is 5.38. The summed E-state index contributed by atoms with van der Waals surface area (Å²) >= 11 is 0. The van der Waals surface area contributed by atoms with Crippen LogP contribution in [0.25, 0.3) is 0 Å². The largest absolute Gasteiger partial charge is 0.478 e. The van der Waals surface area contributed by atoms with Crippen LogP contribution >= 0.6 is 0 Å². The van der Waals surface area contributed by atoms with Crippen LogP contribution in [0.1, 0.15) is 29.8 Å². The molecule has 1 saturated heterocycles. The number of morpholine rings is 1. The van der Waals surface area contributed by atoms with E-state index in [1.807, 2.05) is 13.8 Å². The molecule has 0 aliphatic carbocycles. The highest BCUT2D eigenvalue weighted by molar-refractivity contribution is 5.88. The Morgan fingerprint density at radius 2 is 2.17 bits per heavy atom. The summed E-state index contributed by atoms with van der Waals surface area (Å²) in [7, 11) is 1.61. The smallest absolute Gasteiger partial charge is 0.335 e. The second-order valence-electron chi connectivity index (χ2n) is 6.41. The van der Waals surface area contributed by atoms with Gasteiger partial charge in [0.25, 0.3) is 0 Å². The SMILES string of the molecule is COCC1CN(C(=O)Cc2cccc(C(=O)O)c2)CC(C)(C)O1. The van der Waals surface area contributed by atoms with Crippen LogP contribution < -0.4 is 0 Å². The van der Waals surface area contributed by atoms with Gasteiger partial charge in [0.1, 0.15) is 0 Å². The third kappa shape index (κ3) is 4.77. The first kappa shape index (κ1) is 17.4. The van der Waals surface area contributed by atoms with Crippen molar-refractivity contribution in [2.75, 3.05) is 26.8 Å². The van der Waals surface area contributed by atoms with E-state index in [-0.39, 0.29) is 24.0 Å². The Morgan fingerprint density at radius 1 is 1.43 bits per heavy atom. The average molecular weight is 321 g/mol. The van der Waals surface area contributed by atoms with Crippen LogP contribution in [0.2, 0.25) is 0 Å². The first-order chi connectivity index (χ1) is 10.8. The van der Waals surface area contributed by atoms with Crippen molar-refractivity contribution in [3.8, 4) is 0 Å². The lowest BCUT2D eigenvalue weighted by Crippen LogP contribution is -2.56. The van der Waals surface area contributed by atoms with Gasteiger partial charge in [-0.15, -0.1) is 0 Å². The standard InChI is InChI=1S/C17H23NO5/c1-17(2)11-18(9-14(23-17)10-22-3)15(19)8-12-5-4-6-13(7-12)16(20)21/h4-7,14H,8-11H2,1-3H3,(H,20,21). The summed E-state index contributed by atoms with van der Waals surface area (Å²) in [6.07, 6.45) is 0.0229. The maximum absolute atomic E-state index is 12.6. The minimum Gasteiger partial charge on any atom is -0.478 e. The molecule has 6 nitrogen and oxygen atoms in total. The van der Waals surface area contributed by atoms with Crippen LogP contribution in [0.4, 0.5) is 0 Å². The van der Waals surface area contributed by atoms with E-state index in [2.05, 4.69) is 0 Å². The highest BCUT2D eigenvalue weighted by Gasteiger charge is 2.35. The minimum absolute atomic E-state index is 0.0370. The topological polar surface area (TPSA) is 76.1 Å². The van der Waals surface area contributed by atoms with Gasteiger partial charge < -0.3 is 19.5 Å². The summed E-state index contributed by atoms with van der Waals surface area (Å²) in [6, 6.07) is 6.48. The molecule has 1 aliphatic rings. The Balaban J connectivity index is 2.07. The number of hydrogen-bond donors (Lipinski definition) is 1. The number of aromatic carboxylic acids is 1. The van der Waals surface area contributed by atoms with Gasteiger partial charge in [0.05, 0.1) is 30.3 Å². The number of hydrogen-bond acceptors (Lipinski definition) is 4. The third-order valence-corrected chi connectivity index (χ3v) is 3.72. The van der Waals surface area contributed by atoms with Crippen molar-refractivity contribution < 1.29 is 24.2 Å². The normalized spacial score (nSPS) is 20.3. The zero-order chi connectivity index (χ0) is 17.0. The van der Waals surface area contributed by atoms with E-state index in [1.165, 1.54) is 6.07 Å². The van der Waals surface area contributed by atoms with Gasteiger partial charge in [0, 0.05) is 20.2 Å². The summed E-state index contributed by atoms with van der Waals surface area (Å²) in [4.78, 5) is 25.3. The summed E-state index contributed by atoms with van der Waals surface area (Å²) in [5, 5.41) is 9.03. The number of carbonyl (C=O) groups is 2. The van der Waals surface area contributed by atoms with E-state index < -0.39 is 11.6 Å². The quantitative estimate of drug-likeness (QED) is 0.891. The van der Waals surface area contributed by atoms with E-state index in [0.29, 0.717) is 25.3 Å². The van der Waals surface area contributed by atoms with E-state index in [9.17, 15) is 9.59 Å². The Morgan fingerprint density at radius 3 is 2.83 bits per heavy atom. The van der Waals surface area contributed by atoms with Crippen molar-refractivity contribution in [3.05, 3.63) is 35.4 Å². The zero-order valence-electron chi connectivity index (χ0n) is 13.7. The first-order valence-electron chi connectivity index (χ1n) is 7.57. The molecule has 0 bridgehead atoms. The van der Waals surface area contributed by atoms with Crippen molar-refractivity contribution in [2.45, 2.75) is 32.0 Å². The van der Waals surface area contributed by atoms with Crippen LogP contribution in [0, 0.1) is 0 Å². The Bertz CT molecular complexity index is 584. The fourth-order valence-corrected chi connectivity index (χ4v) is 2.86. The Labute approximate surface area is 136 Å². The molecular weight excluding hydrogens is 298 g/mol. The number of carboxylic acid groups (broad SMARTS) is 1. The number of ether oxygens (including phenoxy) is 2. The molecule has 126 valence electrons. The predicted molar refractivity (Wildman–Crippen MR) is 84.5 cm³/mol. The molecule has 1 aliphatic heterocycles. The van der Waals surface area contributed by atoms with E-state index in [4.69, 9.17) is 14.6 Å². The number of methoxy groups -OCH3 is 1. The van der Waals surface area contributed by atoms with Crippen molar-refractivity contribution >= 4 is 11.9 Å². The lowest BCUT2D eigenvalue weighted by molar-refractivity contribution is -0.168. The zero-order valence-corrected chi connectivity index (χ0v) is 13.7. The molecule has 1 amide bonds. The number of rotatable bonds is 5. The lowest BCUT2D eigenvalue weighted by atomic mass is 10.0. The van der Waals surface area contributed by atoms with E-state index in [0.717, 1.165) is 0 Å². The molecule has 0 spiro atoms. The lowest BCUT2D eigenvalue weighted by Gasteiger charge is -2.42. The molecule has 1 aromatic rings. The van der Waals surface area contributed by atoms with Crippen molar-refractivity contribution in [3.63, 3.8) is 0 Å². The van der Waals surface area contributed by atoms with Crippen LogP contribution in [0.15, 0.2) is 24.3 Å². The van der Waals surface area contributed by atoms with Gasteiger partial charge in [-0.05, 0) is 31.5 Å². The maximum atomic E-state index is 12.6. The molecule has 0 aromatic heterocycles. The van der Waals surface area contributed by atoms with Crippen molar-refractivity contribution in [1.82, 2.24) is 4.90 Å². The average Bonchev–Trinajstić information content (AvgIpc) is 2.46. The summed E-state index contributed by atoms with van der Waals surface area (Å²) in [5.41, 5.74) is 0.456. The molecular formula is C17H23NO5. The molecule has 1 fully saturated rings. The molecule has 1 atom stereocenters. The predicted octanol–water partition coefficient (Wildman–Crippen LogP) is 1.58. The molecule has 2 rings (SSSR count). The summed E-state index contributed by atoms with van der Waals surface area (Å²) < 4.78 is 11.0. The van der Waals surface area contributed by atoms with Gasteiger partial charge >= 0.3 is 5.97 Å². The van der Waals surface area contributed by atoms with Crippen LogP contribution in [-0.2, 0) is 20.7 Å². The highest BCUT2D eigenvalue weighted by atomic mass is 16.5.